The van der Waals surface area contributed by atoms with E-state index in [1.54, 1.807) is 56.8 Å². The van der Waals surface area contributed by atoms with Crippen molar-refractivity contribution in [1.82, 2.24) is 4.98 Å². The Labute approximate surface area is 164 Å². The lowest BCUT2D eigenvalue weighted by Gasteiger charge is -2.17. The second-order valence-electron chi connectivity index (χ2n) is 6.12. The SMILES string of the molecule is COc1ccc(C(=CC(=O)N(C)c2ccncc2)c2ccc(OC)cc2)cc1. The van der Waals surface area contributed by atoms with Crippen LogP contribution < -0.4 is 14.4 Å². The maximum Gasteiger partial charge on any atom is 0.251 e. The highest BCUT2D eigenvalue weighted by Gasteiger charge is 2.13. The minimum absolute atomic E-state index is 0.132. The zero-order valence-electron chi connectivity index (χ0n) is 16.1. The number of nitrogens with zero attached hydrogens (tertiary/aromatic N) is 2. The number of carbonyl (C=O) groups is 1. The van der Waals surface area contributed by atoms with E-state index in [9.17, 15) is 4.79 Å². The highest BCUT2D eigenvalue weighted by Crippen LogP contribution is 2.27. The lowest BCUT2D eigenvalue weighted by Crippen LogP contribution is -2.24. The number of anilines is 1. The summed E-state index contributed by atoms with van der Waals surface area (Å²) in [5.74, 6) is 1.39. The van der Waals surface area contributed by atoms with Gasteiger partial charge in [0.2, 0.25) is 0 Å². The summed E-state index contributed by atoms with van der Waals surface area (Å²) >= 11 is 0. The molecule has 1 amide bonds. The first kappa shape index (κ1) is 19.2. The number of methoxy groups -OCH3 is 2. The van der Waals surface area contributed by atoms with Crippen LogP contribution in [0.4, 0.5) is 5.69 Å². The quantitative estimate of drug-likeness (QED) is 0.607. The van der Waals surface area contributed by atoms with Crippen molar-refractivity contribution in [2.24, 2.45) is 0 Å². The Morgan fingerprint density at radius 3 is 1.71 bits per heavy atom. The maximum atomic E-state index is 12.9. The summed E-state index contributed by atoms with van der Waals surface area (Å²) in [5, 5.41) is 0. The smallest absolute Gasteiger partial charge is 0.251 e. The molecule has 2 aromatic carbocycles. The van der Waals surface area contributed by atoms with Crippen molar-refractivity contribution < 1.29 is 14.3 Å². The number of ether oxygens (including phenoxy) is 2. The first-order valence-electron chi connectivity index (χ1n) is 8.80. The molecule has 0 fully saturated rings. The molecule has 0 saturated carbocycles. The Morgan fingerprint density at radius 1 is 0.821 bits per heavy atom. The van der Waals surface area contributed by atoms with Gasteiger partial charge < -0.3 is 14.4 Å². The fraction of sp³-hybridized carbons (Fsp3) is 0.130. The molecule has 0 radical (unpaired) electrons. The number of carbonyl (C=O) groups excluding carboxylic acids is 1. The zero-order chi connectivity index (χ0) is 19.9. The van der Waals surface area contributed by atoms with Gasteiger partial charge in [-0.1, -0.05) is 24.3 Å². The van der Waals surface area contributed by atoms with Gasteiger partial charge in [-0.15, -0.1) is 0 Å². The molecule has 0 aliphatic heterocycles. The van der Waals surface area contributed by atoms with Gasteiger partial charge in [-0.25, -0.2) is 0 Å². The number of pyridine rings is 1. The lowest BCUT2D eigenvalue weighted by molar-refractivity contribution is -0.113. The van der Waals surface area contributed by atoms with Crippen LogP contribution in [0.15, 0.2) is 79.1 Å². The minimum Gasteiger partial charge on any atom is -0.497 e. The van der Waals surface area contributed by atoms with Crippen LogP contribution in [0.25, 0.3) is 5.57 Å². The summed E-state index contributed by atoms with van der Waals surface area (Å²) in [6.45, 7) is 0. The van der Waals surface area contributed by atoms with Gasteiger partial charge in [-0.05, 0) is 53.1 Å². The molecule has 0 N–H and O–H groups in total. The fourth-order valence-electron chi connectivity index (χ4n) is 2.79. The van der Waals surface area contributed by atoms with Gasteiger partial charge >= 0.3 is 0 Å². The summed E-state index contributed by atoms with van der Waals surface area (Å²) < 4.78 is 10.5. The van der Waals surface area contributed by atoms with Crippen LogP contribution in [0.1, 0.15) is 11.1 Å². The van der Waals surface area contributed by atoms with Gasteiger partial charge in [0.05, 0.1) is 14.2 Å². The first-order chi connectivity index (χ1) is 13.6. The second kappa shape index (κ2) is 8.86. The molecule has 142 valence electrons. The van der Waals surface area contributed by atoms with Gasteiger partial charge in [-0.2, -0.15) is 0 Å². The fourth-order valence-corrected chi connectivity index (χ4v) is 2.79. The van der Waals surface area contributed by atoms with E-state index in [1.807, 2.05) is 48.5 Å². The summed E-state index contributed by atoms with van der Waals surface area (Å²) in [6.07, 6.45) is 4.97. The molecule has 3 rings (SSSR count). The van der Waals surface area contributed by atoms with Gasteiger partial charge in [-0.3, -0.25) is 9.78 Å². The lowest BCUT2D eigenvalue weighted by atomic mass is 9.97. The molecule has 0 aliphatic rings. The molecular formula is C23H22N2O3. The van der Waals surface area contributed by atoms with E-state index >= 15 is 0 Å². The molecule has 1 aromatic heterocycles. The number of rotatable bonds is 6. The molecule has 0 saturated heterocycles. The first-order valence-corrected chi connectivity index (χ1v) is 8.80. The molecule has 0 aliphatic carbocycles. The van der Waals surface area contributed by atoms with Crippen LogP contribution in [-0.4, -0.2) is 32.2 Å². The Balaban J connectivity index is 2.01. The Bertz CT molecular complexity index is 900. The average Bonchev–Trinajstić information content (AvgIpc) is 2.77. The van der Waals surface area contributed by atoms with Crippen LogP contribution in [0, 0.1) is 0 Å². The van der Waals surface area contributed by atoms with E-state index in [2.05, 4.69) is 4.98 Å². The molecule has 0 bridgehead atoms. The van der Waals surface area contributed by atoms with Crippen molar-refractivity contribution in [3.8, 4) is 11.5 Å². The van der Waals surface area contributed by atoms with E-state index < -0.39 is 0 Å². The Hall–Kier alpha value is -3.60. The van der Waals surface area contributed by atoms with E-state index in [-0.39, 0.29) is 5.91 Å². The van der Waals surface area contributed by atoms with E-state index in [0.29, 0.717) is 0 Å². The van der Waals surface area contributed by atoms with Crippen molar-refractivity contribution in [2.75, 3.05) is 26.2 Å². The normalized spacial score (nSPS) is 10.1. The Morgan fingerprint density at radius 2 is 1.29 bits per heavy atom. The standard InChI is InChI=1S/C23H22N2O3/c1-25(19-12-14-24-15-13-19)23(26)16-22(17-4-8-20(27-2)9-5-17)18-6-10-21(28-3)11-7-18/h4-16H,1-3H3. The van der Waals surface area contributed by atoms with Crippen LogP contribution in [0.3, 0.4) is 0 Å². The van der Waals surface area contributed by atoms with Crippen LogP contribution in [0.2, 0.25) is 0 Å². The van der Waals surface area contributed by atoms with Crippen molar-refractivity contribution in [1.29, 1.82) is 0 Å². The summed E-state index contributed by atoms with van der Waals surface area (Å²) in [5.41, 5.74) is 3.43. The van der Waals surface area contributed by atoms with Gasteiger partial charge in [0.25, 0.3) is 5.91 Å². The third-order valence-electron chi connectivity index (χ3n) is 4.45. The van der Waals surface area contributed by atoms with Gasteiger partial charge in [0.1, 0.15) is 11.5 Å². The predicted molar refractivity (Wildman–Crippen MR) is 111 cm³/mol. The molecule has 0 atom stereocenters. The van der Waals surface area contributed by atoms with Crippen LogP contribution in [-0.2, 0) is 4.79 Å². The minimum atomic E-state index is -0.132. The number of likely N-dealkylation sites (N-methyl/N-ethyl adjacent to an activating group) is 1. The summed E-state index contributed by atoms with van der Waals surface area (Å²) in [6, 6.07) is 18.9. The molecular weight excluding hydrogens is 352 g/mol. The number of aromatic nitrogens is 1. The average molecular weight is 374 g/mol. The molecule has 5 heteroatoms. The number of amides is 1. The van der Waals surface area contributed by atoms with Crippen molar-refractivity contribution in [2.45, 2.75) is 0 Å². The topological polar surface area (TPSA) is 51.7 Å². The summed E-state index contributed by atoms with van der Waals surface area (Å²) in [7, 11) is 5.00. The number of hydrogen-bond acceptors (Lipinski definition) is 4. The molecule has 28 heavy (non-hydrogen) atoms. The largest absolute Gasteiger partial charge is 0.497 e. The van der Waals surface area contributed by atoms with Gasteiger partial charge in [0, 0.05) is 31.2 Å². The third-order valence-corrected chi connectivity index (χ3v) is 4.45. The monoisotopic (exact) mass is 374 g/mol. The van der Waals surface area contributed by atoms with E-state index in [0.717, 1.165) is 33.9 Å². The zero-order valence-corrected chi connectivity index (χ0v) is 16.1. The van der Waals surface area contributed by atoms with E-state index in [4.69, 9.17) is 9.47 Å². The van der Waals surface area contributed by atoms with Gasteiger partial charge in [0.15, 0.2) is 0 Å². The molecule has 3 aromatic rings. The predicted octanol–water partition coefficient (Wildman–Crippen LogP) is 4.19. The maximum absolute atomic E-state index is 12.9. The van der Waals surface area contributed by atoms with Crippen LogP contribution in [0.5, 0.6) is 11.5 Å². The highest BCUT2D eigenvalue weighted by molar-refractivity contribution is 6.07. The van der Waals surface area contributed by atoms with Crippen LogP contribution >= 0.6 is 0 Å². The van der Waals surface area contributed by atoms with Crippen molar-refractivity contribution >= 4 is 17.2 Å². The molecule has 0 spiro atoms. The Kier molecular flexibility index (Phi) is 6.07. The third kappa shape index (κ3) is 4.38. The second-order valence-corrected chi connectivity index (χ2v) is 6.12. The van der Waals surface area contributed by atoms with Crippen molar-refractivity contribution in [3.63, 3.8) is 0 Å². The number of benzene rings is 2. The summed E-state index contributed by atoms with van der Waals surface area (Å²) in [4.78, 5) is 18.5. The molecule has 0 unspecified atom stereocenters. The van der Waals surface area contributed by atoms with E-state index in [1.165, 1.54) is 0 Å². The molecule has 1 heterocycles. The molecule has 5 nitrogen and oxygen atoms in total. The number of hydrogen-bond donors (Lipinski definition) is 0. The van der Waals surface area contributed by atoms with Crippen molar-refractivity contribution in [3.05, 3.63) is 90.3 Å². The highest BCUT2D eigenvalue weighted by atomic mass is 16.5.